The van der Waals surface area contributed by atoms with Crippen molar-refractivity contribution in [1.82, 2.24) is 24.9 Å². The Morgan fingerprint density at radius 1 is 1.10 bits per heavy atom. The van der Waals surface area contributed by atoms with Crippen LogP contribution in [-0.2, 0) is 13.0 Å². The van der Waals surface area contributed by atoms with Gasteiger partial charge in [-0.15, -0.1) is 0 Å². The molecule has 0 aliphatic heterocycles. The Hall–Kier alpha value is -3.38. The van der Waals surface area contributed by atoms with Gasteiger partial charge in [0.1, 0.15) is 5.75 Å². The van der Waals surface area contributed by atoms with Crippen LogP contribution < -0.4 is 4.74 Å². The van der Waals surface area contributed by atoms with Crippen LogP contribution in [0, 0.1) is 0 Å². The van der Waals surface area contributed by atoms with Crippen molar-refractivity contribution in [1.29, 1.82) is 0 Å². The van der Waals surface area contributed by atoms with E-state index in [9.17, 15) is 0 Å². The highest BCUT2D eigenvalue weighted by Gasteiger charge is 2.15. The van der Waals surface area contributed by atoms with Gasteiger partial charge in [0, 0.05) is 36.6 Å². The number of nitrogens with zero attached hydrogens (tertiary/aromatic N) is 4. The summed E-state index contributed by atoms with van der Waals surface area (Å²) in [5, 5.41) is 11.8. The van der Waals surface area contributed by atoms with E-state index in [1.807, 2.05) is 53.5 Å². The van der Waals surface area contributed by atoms with E-state index in [2.05, 4.69) is 46.5 Å². The van der Waals surface area contributed by atoms with E-state index < -0.39 is 0 Å². The van der Waals surface area contributed by atoms with Gasteiger partial charge in [-0.05, 0) is 43.3 Å². The molecule has 0 atom stereocenters. The highest BCUT2D eigenvalue weighted by molar-refractivity contribution is 5.65. The third-order valence-corrected chi connectivity index (χ3v) is 4.93. The van der Waals surface area contributed by atoms with Crippen molar-refractivity contribution >= 4 is 0 Å². The predicted octanol–water partition coefficient (Wildman–Crippen LogP) is 3.95. The molecule has 0 saturated heterocycles. The van der Waals surface area contributed by atoms with E-state index in [4.69, 9.17) is 9.84 Å². The van der Waals surface area contributed by atoms with Gasteiger partial charge < -0.3 is 9.64 Å². The van der Waals surface area contributed by atoms with Gasteiger partial charge in [-0.25, -0.2) is 4.68 Å². The molecule has 0 radical (unpaired) electrons. The van der Waals surface area contributed by atoms with Crippen LogP contribution in [0.4, 0.5) is 0 Å². The minimum atomic E-state index is 0.803. The average Bonchev–Trinajstić information content (AvgIpc) is 3.43. The number of H-pyrrole nitrogens is 1. The highest BCUT2D eigenvalue weighted by atomic mass is 16.5. The van der Waals surface area contributed by atoms with Crippen molar-refractivity contribution in [3.63, 3.8) is 0 Å². The van der Waals surface area contributed by atoms with Gasteiger partial charge in [-0.3, -0.25) is 5.10 Å². The number of methoxy groups -OCH3 is 1. The SMILES string of the molecule is COc1cccc(-c2nn(-c3ccccc3)cc2CN(C)CCc2cn[nH]c2)c1. The monoisotopic (exact) mass is 387 g/mol. The maximum absolute atomic E-state index is 5.41. The Bertz CT molecular complexity index is 1040. The lowest BCUT2D eigenvalue weighted by molar-refractivity contribution is 0.331. The zero-order chi connectivity index (χ0) is 20.1. The molecule has 0 bridgehead atoms. The van der Waals surface area contributed by atoms with Crippen LogP contribution in [0.15, 0.2) is 73.2 Å². The van der Waals surface area contributed by atoms with Crippen molar-refractivity contribution in [2.24, 2.45) is 0 Å². The Morgan fingerprint density at radius 2 is 1.97 bits per heavy atom. The van der Waals surface area contributed by atoms with Crippen LogP contribution in [0.25, 0.3) is 16.9 Å². The summed E-state index contributed by atoms with van der Waals surface area (Å²) < 4.78 is 7.37. The molecule has 2 aromatic carbocycles. The van der Waals surface area contributed by atoms with Crippen LogP contribution in [0.3, 0.4) is 0 Å². The third kappa shape index (κ3) is 4.55. The molecule has 2 heterocycles. The van der Waals surface area contributed by atoms with Crippen LogP contribution in [0.1, 0.15) is 11.1 Å². The Balaban J connectivity index is 1.62. The first-order valence-electron chi connectivity index (χ1n) is 9.67. The maximum atomic E-state index is 5.41. The van der Waals surface area contributed by atoms with Gasteiger partial charge in [-0.2, -0.15) is 10.2 Å². The standard InChI is InChI=1S/C23H25N5O/c1-27(12-11-18-14-24-25-15-18)16-20-17-28(21-8-4-3-5-9-21)26-23(20)19-7-6-10-22(13-19)29-2/h3-10,13-15,17H,11-12,16H2,1-2H3,(H,24,25). The van der Waals surface area contributed by atoms with Crippen molar-refractivity contribution in [2.45, 2.75) is 13.0 Å². The molecule has 0 amide bonds. The molecular weight excluding hydrogens is 362 g/mol. The van der Waals surface area contributed by atoms with Gasteiger partial charge in [0.15, 0.2) is 0 Å². The summed E-state index contributed by atoms with van der Waals surface area (Å²) in [5.41, 5.74) is 5.46. The van der Waals surface area contributed by atoms with E-state index in [-0.39, 0.29) is 0 Å². The average molecular weight is 387 g/mol. The Kier molecular flexibility index (Phi) is 5.72. The van der Waals surface area contributed by atoms with Crippen molar-refractivity contribution in [3.8, 4) is 22.7 Å². The number of para-hydroxylation sites is 1. The summed E-state index contributed by atoms with van der Waals surface area (Å²) >= 11 is 0. The fourth-order valence-electron chi connectivity index (χ4n) is 3.36. The topological polar surface area (TPSA) is 59.0 Å². The molecule has 0 aliphatic carbocycles. The molecule has 4 rings (SSSR count). The molecule has 4 aromatic rings. The molecule has 29 heavy (non-hydrogen) atoms. The summed E-state index contributed by atoms with van der Waals surface area (Å²) in [5.74, 6) is 0.830. The number of rotatable bonds is 8. The molecule has 0 unspecified atom stereocenters. The number of ether oxygens (including phenoxy) is 1. The van der Waals surface area contributed by atoms with E-state index >= 15 is 0 Å². The van der Waals surface area contributed by atoms with E-state index in [1.54, 1.807) is 7.11 Å². The second-order valence-electron chi connectivity index (χ2n) is 7.11. The molecule has 0 aliphatic rings. The quantitative estimate of drug-likeness (QED) is 0.497. The molecule has 1 N–H and O–H groups in total. The summed E-state index contributed by atoms with van der Waals surface area (Å²) in [6.45, 7) is 1.74. The fourth-order valence-corrected chi connectivity index (χ4v) is 3.36. The number of aromatic amines is 1. The highest BCUT2D eigenvalue weighted by Crippen LogP contribution is 2.27. The lowest BCUT2D eigenvalue weighted by Crippen LogP contribution is -2.20. The molecule has 2 aromatic heterocycles. The summed E-state index contributed by atoms with van der Waals surface area (Å²) in [4.78, 5) is 2.31. The molecule has 6 heteroatoms. The smallest absolute Gasteiger partial charge is 0.119 e. The first-order chi connectivity index (χ1) is 14.2. The number of likely N-dealkylation sites (N-methyl/N-ethyl adjacent to an activating group) is 1. The lowest BCUT2D eigenvalue weighted by atomic mass is 10.1. The predicted molar refractivity (Wildman–Crippen MR) is 114 cm³/mol. The van der Waals surface area contributed by atoms with Crippen molar-refractivity contribution in [2.75, 3.05) is 20.7 Å². The zero-order valence-corrected chi connectivity index (χ0v) is 16.7. The summed E-state index contributed by atoms with van der Waals surface area (Å²) in [7, 11) is 3.82. The fraction of sp³-hybridized carbons (Fsp3) is 0.217. The van der Waals surface area contributed by atoms with Gasteiger partial charge in [0.05, 0.1) is 24.7 Å². The zero-order valence-electron chi connectivity index (χ0n) is 16.7. The second-order valence-corrected chi connectivity index (χ2v) is 7.11. The molecule has 0 saturated carbocycles. The Labute approximate surface area is 170 Å². The van der Waals surface area contributed by atoms with Crippen molar-refractivity contribution in [3.05, 3.63) is 84.3 Å². The van der Waals surface area contributed by atoms with Gasteiger partial charge in [-0.1, -0.05) is 30.3 Å². The number of aromatic nitrogens is 4. The molecule has 0 spiro atoms. The van der Waals surface area contributed by atoms with Crippen LogP contribution in [-0.4, -0.2) is 45.6 Å². The maximum Gasteiger partial charge on any atom is 0.119 e. The first kappa shape index (κ1) is 19.0. The number of benzene rings is 2. The van der Waals surface area contributed by atoms with Crippen molar-refractivity contribution < 1.29 is 4.74 Å². The third-order valence-electron chi connectivity index (χ3n) is 4.93. The minimum absolute atomic E-state index is 0.803. The largest absolute Gasteiger partial charge is 0.497 e. The van der Waals surface area contributed by atoms with Crippen LogP contribution in [0.5, 0.6) is 5.75 Å². The summed E-state index contributed by atoms with van der Waals surface area (Å²) in [6, 6.07) is 18.3. The van der Waals surface area contributed by atoms with E-state index in [0.717, 1.165) is 42.2 Å². The first-order valence-corrected chi connectivity index (χ1v) is 9.67. The molecule has 0 fully saturated rings. The second kappa shape index (κ2) is 8.75. The van der Waals surface area contributed by atoms with Gasteiger partial charge in [0.2, 0.25) is 0 Å². The van der Waals surface area contributed by atoms with E-state index in [1.165, 1.54) is 11.1 Å². The number of hydrogen-bond donors (Lipinski definition) is 1. The lowest BCUT2D eigenvalue weighted by Gasteiger charge is -2.16. The number of hydrogen-bond acceptors (Lipinski definition) is 4. The van der Waals surface area contributed by atoms with Gasteiger partial charge in [0.25, 0.3) is 0 Å². The normalized spacial score (nSPS) is 11.1. The summed E-state index contributed by atoms with van der Waals surface area (Å²) in [6.07, 6.45) is 6.90. The molecule has 148 valence electrons. The van der Waals surface area contributed by atoms with Crippen LogP contribution >= 0.6 is 0 Å². The van der Waals surface area contributed by atoms with Gasteiger partial charge >= 0.3 is 0 Å². The van der Waals surface area contributed by atoms with Crippen LogP contribution in [0.2, 0.25) is 0 Å². The molecule has 6 nitrogen and oxygen atoms in total. The van der Waals surface area contributed by atoms with E-state index in [0.29, 0.717) is 0 Å². The number of nitrogens with one attached hydrogen (secondary N) is 1. The Morgan fingerprint density at radius 3 is 2.72 bits per heavy atom. The minimum Gasteiger partial charge on any atom is -0.497 e. The molecular formula is C23H25N5O.